The Morgan fingerprint density at radius 3 is 2.65 bits per heavy atom. The van der Waals surface area contributed by atoms with Crippen LogP contribution < -0.4 is 10.1 Å². The predicted octanol–water partition coefficient (Wildman–Crippen LogP) is 4.41. The number of amides is 1. The third-order valence-corrected chi connectivity index (χ3v) is 3.32. The van der Waals surface area contributed by atoms with Crippen LogP contribution in [0, 0.1) is 11.3 Å². The Labute approximate surface area is 147 Å². The molecule has 0 atom stereocenters. The third-order valence-electron chi connectivity index (χ3n) is 2.63. The summed E-state index contributed by atoms with van der Waals surface area (Å²) in [6.07, 6.45) is 0. The van der Waals surface area contributed by atoms with Gasteiger partial charge in [-0.2, -0.15) is 5.26 Å². The summed E-state index contributed by atoms with van der Waals surface area (Å²) < 4.78 is 10.5. The molecular weight excluding hydrogens is 363 g/mol. The Morgan fingerprint density at radius 1 is 1.26 bits per heavy atom. The number of rotatable bonds is 5. The molecule has 118 valence electrons. The van der Waals surface area contributed by atoms with Gasteiger partial charge in [0.25, 0.3) is 5.91 Å². The monoisotopic (exact) mass is 370 g/mol. The van der Waals surface area contributed by atoms with Gasteiger partial charge in [-0.05, 0) is 24.3 Å². The molecule has 0 unspecified atom stereocenters. The van der Waals surface area contributed by atoms with Crippen molar-refractivity contribution < 1.29 is 13.9 Å². The van der Waals surface area contributed by atoms with E-state index in [0.717, 1.165) is 0 Å². The molecule has 0 aliphatic carbocycles. The third kappa shape index (κ3) is 4.67. The van der Waals surface area contributed by atoms with Gasteiger partial charge in [0.2, 0.25) is 0 Å². The summed E-state index contributed by atoms with van der Waals surface area (Å²) in [7, 11) is 0. The largest absolute Gasteiger partial charge is 0.484 e. The van der Waals surface area contributed by atoms with Gasteiger partial charge < -0.3 is 14.5 Å². The van der Waals surface area contributed by atoms with Gasteiger partial charge in [0, 0.05) is 0 Å². The summed E-state index contributed by atoms with van der Waals surface area (Å²) in [5.74, 6) is 0.254. The Morgan fingerprint density at radius 2 is 2.00 bits per heavy atom. The number of para-hydroxylation sites is 1. The first-order valence-corrected chi connectivity index (χ1v) is 7.37. The highest BCUT2D eigenvalue weighted by Gasteiger charge is 2.14. The molecule has 1 N–H and O–H groups in total. The maximum Gasteiger partial charge on any atom is 0.291 e. The number of allylic oxidation sites excluding steroid dienone is 1. The minimum absolute atomic E-state index is 0.00917. The highest BCUT2D eigenvalue weighted by atomic mass is 35.5. The topological polar surface area (TPSA) is 75.3 Å². The van der Waals surface area contributed by atoms with Crippen molar-refractivity contribution in [3.63, 3.8) is 0 Å². The molecule has 0 aliphatic heterocycles. The molecule has 0 aliphatic rings. The van der Waals surface area contributed by atoms with Gasteiger partial charge in [-0.25, -0.2) is 0 Å². The number of carbonyl (C=O) groups is 1. The van der Waals surface area contributed by atoms with Gasteiger partial charge in [0.1, 0.15) is 28.7 Å². The zero-order chi connectivity index (χ0) is 16.8. The molecule has 1 aromatic carbocycles. The normalized spacial score (nSPS) is 9.83. The maximum absolute atomic E-state index is 11.9. The predicted molar refractivity (Wildman–Crippen MR) is 86.3 cm³/mol. The second-order valence-electron chi connectivity index (χ2n) is 4.19. The highest BCUT2D eigenvalue weighted by Crippen LogP contribution is 2.24. The van der Waals surface area contributed by atoms with E-state index in [1.165, 1.54) is 6.07 Å². The van der Waals surface area contributed by atoms with Crippen LogP contribution in [0.2, 0.25) is 5.02 Å². The van der Waals surface area contributed by atoms with E-state index >= 15 is 0 Å². The van der Waals surface area contributed by atoms with E-state index < -0.39 is 5.91 Å². The summed E-state index contributed by atoms with van der Waals surface area (Å²) in [6.45, 7) is 0.0915. The van der Waals surface area contributed by atoms with Crippen molar-refractivity contribution in [1.82, 2.24) is 5.32 Å². The average Bonchev–Trinajstić information content (AvgIpc) is 3.00. The molecule has 0 bridgehead atoms. The van der Waals surface area contributed by atoms with E-state index in [1.54, 1.807) is 36.4 Å². The molecule has 1 heterocycles. The highest BCUT2D eigenvalue weighted by molar-refractivity contribution is 6.56. The Bertz CT molecular complexity index is 789. The number of nitrogens with one attached hydrogen (secondary N) is 1. The Balaban J connectivity index is 2.01. The van der Waals surface area contributed by atoms with Crippen LogP contribution in [-0.2, 0) is 6.61 Å². The number of hydrogen-bond acceptors (Lipinski definition) is 4. The van der Waals surface area contributed by atoms with Gasteiger partial charge in [0.05, 0.1) is 5.02 Å². The van der Waals surface area contributed by atoms with Crippen molar-refractivity contribution in [3.8, 4) is 11.8 Å². The van der Waals surface area contributed by atoms with Gasteiger partial charge >= 0.3 is 0 Å². The molecule has 2 aromatic rings. The van der Waals surface area contributed by atoms with Crippen molar-refractivity contribution >= 4 is 40.7 Å². The summed E-state index contributed by atoms with van der Waals surface area (Å²) in [5, 5.41) is 11.5. The van der Waals surface area contributed by atoms with E-state index in [9.17, 15) is 4.79 Å². The molecule has 0 radical (unpaired) electrons. The van der Waals surface area contributed by atoms with E-state index in [0.29, 0.717) is 16.5 Å². The standard InChI is InChI=1S/C15H9Cl3N2O3/c16-10-3-1-2-4-12(10)22-8-9-5-6-13(23-9)15(21)20-11(7-19)14(17)18/h1-6H,8H2,(H,20,21). The Kier molecular flexibility index (Phi) is 5.94. The first-order valence-electron chi connectivity index (χ1n) is 6.24. The smallest absolute Gasteiger partial charge is 0.291 e. The van der Waals surface area contributed by atoms with Crippen LogP contribution in [0.1, 0.15) is 16.3 Å². The van der Waals surface area contributed by atoms with Crippen LogP contribution >= 0.6 is 34.8 Å². The van der Waals surface area contributed by atoms with E-state index in [-0.39, 0.29) is 22.6 Å². The fourth-order valence-corrected chi connectivity index (χ4v) is 1.95. The molecule has 2 rings (SSSR count). The molecule has 0 saturated carbocycles. The molecule has 8 heteroatoms. The summed E-state index contributed by atoms with van der Waals surface area (Å²) >= 11 is 16.9. The number of nitrogens with zero attached hydrogens (tertiary/aromatic N) is 1. The number of halogens is 3. The number of hydrogen-bond donors (Lipinski definition) is 1. The Hall–Kier alpha value is -2.13. The molecule has 0 fully saturated rings. The minimum Gasteiger partial charge on any atom is -0.484 e. The van der Waals surface area contributed by atoms with Gasteiger partial charge in [-0.15, -0.1) is 0 Å². The lowest BCUT2D eigenvalue weighted by Gasteiger charge is -2.05. The molecular formula is C15H9Cl3N2O3. The first-order chi connectivity index (χ1) is 11.0. The van der Waals surface area contributed by atoms with Crippen LogP contribution in [0.3, 0.4) is 0 Å². The second-order valence-corrected chi connectivity index (χ2v) is 5.54. The molecule has 5 nitrogen and oxygen atoms in total. The number of furan rings is 1. The van der Waals surface area contributed by atoms with E-state index in [4.69, 9.17) is 49.2 Å². The minimum atomic E-state index is -0.649. The SMILES string of the molecule is N#CC(NC(=O)c1ccc(COc2ccccc2Cl)o1)=C(Cl)Cl. The quantitative estimate of drug-likeness (QED) is 0.790. The second kappa shape index (κ2) is 7.93. The maximum atomic E-state index is 11.9. The van der Waals surface area contributed by atoms with Gasteiger partial charge in [-0.3, -0.25) is 4.79 Å². The van der Waals surface area contributed by atoms with Crippen LogP contribution in [0.15, 0.2) is 51.0 Å². The lowest BCUT2D eigenvalue weighted by molar-refractivity contribution is 0.0936. The fourth-order valence-electron chi connectivity index (χ4n) is 1.58. The average molecular weight is 372 g/mol. The molecule has 1 amide bonds. The molecule has 0 spiro atoms. The summed E-state index contributed by atoms with van der Waals surface area (Å²) in [5.41, 5.74) is -0.261. The summed E-state index contributed by atoms with van der Waals surface area (Å²) in [6, 6.07) is 11.7. The lowest BCUT2D eigenvalue weighted by Crippen LogP contribution is -2.21. The molecule has 23 heavy (non-hydrogen) atoms. The van der Waals surface area contributed by atoms with Crippen LogP contribution in [0.25, 0.3) is 0 Å². The number of benzene rings is 1. The number of nitriles is 1. The van der Waals surface area contributed by atoms with E-state index in [1.807, 2.05) is 0 Å². The van der Waals surface area contributed by atoms with E-state index in [2.05, 4.69) is 5.32 Å². The van der Waals surface area contributed by atoms with Crippen LogP contribution in [-0.4, -0.2) is 5.91 Å². The van der Waals surface area contributed by atoms with Gasteiger partial charge in [0.15, 0.2) is 11.5 Å². The molecule has 1 aromatic heterocycles. The van der Waals surface area contributed by atoms with Crippen molar-refractivity contribution in [2.24, 2.45) is 0 Å². The number of carbonyl (C=O) groups excluding carboxylic acids is 1. The van der Waals surface area contributed by atoms with Crippen molar-refractivity contribution in [1.29, 1.82) is 5.26 Å². The molecule has 0 saturated heterocycles. The van der Waals surface area contributed by atoms with Crippen molar-refractivity contribution in [3.05, 3.63) is 63.1 Å². The van der Waals surface area contributed by atoms with Gasteiger partial charge in [-0.1, -0.05) is 46.9 Å². The van der Waals surface area contributed by atoms with Crippen LogP contribution in [0.5, 0.6) is 5.75 Å². The number of ether oxygens (including phenoxy) is 1. The van der Waals surface area contributed by atoms with Crippen molar-refractivity contribution in [2.75, 3.05) is 0 Å². The zero-order valence-electron chi connectivity index (χ0n) is 11.5. The first kappa shape index (κ1) is 17.2. The van der Waals surface area contributed by atoms with Crippen molar-refractivity contribution in [2.45, 2.75) is 6.61 Å². The zero-order valence-corrected chi connectivity index (χ0v) is 13.7. The van der Waals surface area contributed by atoms with Crippen LogP contribution in [0.4, 0.5) is 0 Å². The summed E-state index contributed by atoms with van der Waals surface area (Å²) in [4.78, 5) is 11.9. The fraction of sp³-hybridized carbons (Fsp3) is 0.0667. The lowest BCUT2D eigenvalue weighted by atomic mass is 10.3.